The van der Waals surface area contributed by atoms with E-state index in [2.05, 4.69) is 21.3 Å². The van der Waals surface area contributed by atoms with Gasteiger partial charge in [-0.05, 0) is 31.5 Å². The third kappa shape index (κ3) is 3.56. The first-order valence-electron chi connectivity index (χ1n) is 9.06. The average Bonchev–Trinajstić information content (AvgIpc) is 3.29. The lowest BCUT2D eigenvalue weighted by Gasteiger charge is -2.34. The molecule has 4 rings (SSSR count). The Morgan fingerprint density at radius 1 is 1.37 bits per heavy atom. The van der Waals surface area contributed by atoms with E-state index in [0.29, 0.717) is 10.6 Å². The maximum atomic E-state index is 12.4. The number of rotatable bonds is 4. The fourth-order valence-corrected chi connectivity index (χ4v) is 5.27. The molecule has 8 heteroatoms. The largest absolute Gasteiger partial charge is 0.397 e. The number of nitrogens with two attached hydrogens (primary N) is 1. The number of carbonyl (C=O) groups is 1. The average molecular weight is 402 g/mol. The number of hydrogen-bond acceptors (Lipinski definition) is 7. The number of nitrogen functional groups attached to an aromatic ring is 1. The van der Waals surface area contributed by atoms with Crippen LogP contribution in [0, 0.1) is 0 Å². The summed E-state index contributed by atoms with van der Waals surface area (Å²) in [4.78, 5) is 27.2. The number of likely N-dealkylation sites (tertiary alicyclic amines) is 1. The Hall–Kier alpha value is -2.03. The lowest BCUT2D eigenvalue weighted by atomic mass is 9.98. The van der Waals surface area contributed by atoms with Crippen LogP contribution in [0.5, 0.6) is 0 Å². The Balaban J connectivity index is 1.66. The molecule has 0 spiro atoms. The molecule has 0 radical (unpaired) electrons. The van der Waals surface area contributed by atoms with Gasteiger partial charge in [0.05, 0.1) is 28.6 Å². The minimum absolute atomic E-state index is 0.0696. The van der Waals surface area contributed by atoms with Crippen LogP contribution >= 0.6 is 22.7 Å². The monoisotopic (exact) mass is 401 g/mol. The minimum Gasteiger partial charge on any atom is -0.397 e. The van der Waals surface area contributed by atoms with E-state index in [9.17, 15) is 4.79 Å². The van der Waals surface area contributed by atoms with Crippen LogP contribution in [0.2, 0.25) is 0 Å². The summed E-state index contributed by atoms with van der Waals surface area (Å²) < 4.78 is 0. The molecule has 0 bridgehead atoms. The number of hydrogen-bond donors (Lipinski definition) is 1. The Morgan fingerprint density at radius 2 is 2.22 bits per heavy atom. The maximum absolute atomic E-state index is 12.4. The van der Waals surface area contributed by atoms with E-state index >= 15 is 0 Å². The third-order valence-electron chi connectivity index (χ3n) is 5.02. The molecule has 1 saturated heterocycles. The highest BCUT2D eigenvalue weighted by Gasteiger charge is 2.27. The van der Waals surface area contributed by atoms with Crippen molar-refractivity contribution in [3.05, 3.63) is 39.3 Å². The van der Waals surface area contributed by atoms with Crippen molar-refractivity contribution in [3.8, 4) is 0 Å². The van der Waals surface area contributed by atoms with Gasteiger partial charge in [0.1, 0.15) is 9.71 Å². The van der Waals surface area contributed by atoms with Crippen LogP contribution in [0.1, 0.15) is 46.4 Å². The number of nitrogens with zero attached hydrogens (tertiary/aromatic N) is 4. The van der Waals surface area contributed by atoms with Crippen molar-refractivity contribution in [2.45, 2.75) is 31.8 Å². The molecule has 0 aliphatic carbocycles. The Labute approximate surface area is 166 Å². The zero-order valence-corrected chi connectivity index (χ0v) is 17.1. The number of piperidine rings is 1. The molecule has 2 N–H and O–H groups in total. The van der Waals surface area contributed by atoms with Gasteiger partial charge >= 0.3 is 0 Å². The molecular formula is C19H23N5OS2. The van der Waals surface area contributed by atoms with Gasteiger partial charge in [0.2, 0.25) is 0 Å². The highest BCUT2D eigenvalue weighted by molar-refractivity contribution is 7.21. The van der Waals surface area contributed by atoms with Crippen molar-refractivity contribution in [2.24, 2.45) is 0 Å². The van der Waals surface area contributed by atoms with Gasteiger partial charge in [0, 0.05) is 31.4 Å². The first-order valence-corrected chi connectivity index (χ1v) is 10.8. The van der Waals surface area contributed by atoms with Crippen LogP contribution in [0.4, 0.5) is 5.69 Å². The van der Waals surface area contributed by atoms with Crippen molar-refractivity contribution in [2.75, 3.05) is 26.4 Å². The molecule has 1 amide bonds. The summed E-state index contributed by atoms with van der Waals surface area (Å²) >= 11 is 3.02. The summed E-state index contributed by atoms with van der Waals surface area (Å²) in [6, 6.07) is 4.37. The lowest BCUT2D eigenvalue weighted by molar-refractivity contribution is 0.0833. The lowest BCUT2D eigenvalue weighted by Crippen LogP contribution is -2.33. The molecule has 1 fully saturated rings. The van der Waals surface area contributed by atoms with E-state index in [4.69, 9.17) is 10.7 Å². The van der Waals surface area contributed by atoms with Gasteiger partial charge in [-0.2, -0.15) is 0 Å². The Kier molecular flexibility index (Phi) is 5.12. The fraction of sp³-hybridized carbons (Fsp3) is 0.421. The van der Waals surface area contributed by atoms with Crippen molar-refractivity contribution >= 4 is 44.5 Å². The van der Waals surface area contributed by atoms with Gasteiger partial charge in [-0.3, -0.25) is 9.69 Å². The minimum atomic E-state index is -0.0696. The predicted molar refractivity (Wildman–Crippen MR) is 111 cm³/mol. The number of carbonyl (C=O) groups excluding carboxylic acids is 1. The number of aromatic nitrogens is 2. The molecule has 3 aromatic rings. The zero-order chi connectivity index (χ0) is 19.0. The molecule has 0 aromatic carbocycles. The van der Waals surface area contributed by atoms with E-state index < -0.39 is 0 Å². The highest BCUT2D eigenvalue weighted by atomic mass is 32.1. The van der Waals surface area contributed by atoms with E-state index in [1.165, 1.54) is 24.2 Å². The third-order valence-corrected chi connectivity index (χ3v) is 6.76. The van der Waals surface area contributed by atoms with Gasteiger partial charge in [-0.15, -0.1) is 22.7 Å². The van der Waals surface area contributed by atoms with Gasteiger partial charge in [0.25, 0.3) is 5.91 Å². The van der Waals surface area contributed by atoms with Crippen LogP contribution in [0.15, 0.2) is 23.0 Å². The highest BCUT2D eigenvalue weighted by Crippen LogP contribution is 2.37. The molecule has 1 aliphatic rings. The van der Waals surface area contributed by atoms with Crippen molar-refractivity contribution < 1.29 is 4.79 Å². The molecular weight excluding hydrogens is 378 g/mol. The van der Waals surface area contributed by atoms with Crippen LogP contribution in [-0.4, -0.2) is 46.3 Å². The quantitative estimate of drug-likeness (QED) is 0.720. The standard InChI is InChI=1S/C19H23N5OS2/c1-23(2)19(25)17-16(20)13-6-7-14(22-18(13)27-17)15-5-3-4-8-24(15)9-12-10-26-11-21-12/h6-7,10-11,15H,3-5,8-9,20H2,1-2H3. The SMILES string of the molecule is CN(C)C(=O)c1sc2nc(C3CCCCN3Cc3cscn3)ccc2c1N. The van der Waals surface area contributed by atoms with E-state index in [1.54, 1.807) is 30.3 Å². The van der Waals surface area contributed by atoms with Crippen molar-refractivity contribution in [1.29, 1.82) is 0 Å². The topological polar surface area (TPSA) is 75.4 Å². The second-order valence-corrected chi connectivity index (χ2v) is 8.81. The van der Waals surface area contributed by atoms with Gasteiger partial charge in [-0.25, -0.2) is 9.97 Å². The Bertz CT molecular complexity index is 951. The van der Waals surface area contributed by atoms with E-state index in [1.807, 2.05) is 11.6 Å². The van der Waals surface area contributed by atoms with E-state index in [-0.39, 0.29) is 11.9 Å². The summed E-state index contributed by atoms with van der Waals surface area (Å²) in [5.41, 5.74) is 10.8. The summed E-state index contributed by atoms with van der Waals surface area (Å²) in [5, 5.41) is 2.98. The molecule has 3 aromatic heterocycles. The van der Waals surface area contributed by atoms with Gasteiger partial charge in [-0.1, -0.05) is 6.42 Å². The number of thiophene rings is 1. The normalized spacial score (nSPS) is 18.1. The molecule has 142 valence electrons. The molecule has 1 aliphatic heterocycles. The number of fused-ring (bicyclic) bond motifs is 1. The smallest absolute Gasteiger partial charge is 0.265 e. The fourth-order valence-electron chi connectivity index (χ4n) is 3.60. The van der Waals surface area contributed by atoms with Crippen molar-refractivity contribution in [1.82, 2.24) is 19.8 Å². The molecule has 27 heavy (non-hydrogen) atoms. The number of pyridine rings is 1. The summed E-state index contributed by atoms with van der Waals surface area (Å²) in [5.74, 6) is -0.0696. The zero-order valence-electron chi connectivity index (χ0n) is 15.5. The molecule has 1 unspecified atom stereocenters. The first kappa shape index (κ1) is 18.3. The van der Waals surface area contributed by atoms with Crippen molar-refractivity contribution in [3.63, 3.8) is 0 Å². The second-order valence-electron chi connectivity index (χ2n) is 7.10. The molecule has 4 heterocycles. The number of thiazole rings is 1. The first-order chi connectivity index (χ1) is 13.0. The van der Waals surface area contributed by atoms with Crippen LogP contribution in [0.25, 0.3) is 10.2 Å². The summed E-state index contributed by atoms with van der Waals surface area (Å²) in [6.07, 6.45) is 3.50. The van der Waals surface area contributed by atoms with Crippen LogP contribution in [-0.2, 0) is 6.54 Å². The number of amides is 1. The maximum Gasteiger partial charge on any atom is 0.265 e. The second kappa shape index (κ2) is 7.53. The predicted octanol–water partition coefficient (Wildman–Crippen LogP) is 3.76. The summed E-state index contributed by atoms with van der Waals surface area (Å²) in [7, 11) is 3.48. The van der Waals surface area contributed by atoms with Crippen LogP contribution < -0.4 is 5.73 Å². The van der Waals surface area contributed by atoms with Crippen LogP contribution in [0.3, 0.4) is 0 Å². The Morgan fingerprint density at radius 3 is 2.96 bits per heavy atom. The van der Waals surface area contributed by atoms with Gasteiger partial charge < -0.3 is 10.6 Å². The van der Waals surface area contributed by atoms with Gasteiger partial charge in [0.15, 0.2) is 0 Å². The molecule has 6 nitrogen and oxygen atoms in total. The molecule has 1 atom stereocenters. The van der Waals surface area contributed by atoms with E-state index in [0.717, 1.165) is 41.1 Å². The summed E-state index contributed by atoms with van der Waals surface area (Å²) in [6.45, 7) is 1.91. The number of anilines is 1. The molecule has 0 saturated carbocycles.